The number of halogens is 2. The SMILES string of the molecule is O=C(O)/C=C/c1cc2c(cc1OCC(F)F)OCO2. The summed E-state index contributed by atoms with van der Waals surface area (Å²) in [6.45, 7) is -0.761. The molecule has 1 aromatic rings. The average molecular weight is 272 g/mol. The van der Waals surface area contributed by atoms with Crippen molar-refractivity contribution in [2.45, 2.75) is 6.43 Å². The Labute approximate surface area is 107 Å². The third-order valence-electron chi connectivity index (χ3n) is 2.28. The van der Waals surface area contributed by atoms with E-state index in [1.165, 1.54) is 18.2 Å². The summed E-state index contributed by atoms with van der Waals surface area (Å²) in [5.74, 6) is -0.259. The Hall–Kier alpha value is -2.31. The molecule has 5 nitrogen and oxygen atoms in total. The molecule has 1 heterocycles. The fourth-order valence-electron chi connectivity index (χ4n) is 1.51. The van der Waals surface area contributed by atoms with E-state index in [4.69, 9.17) is 19.3 Å². The summed E-state index contributed by atoms with van der Waals surface area (Å²) in [5.41, 5.74) is 0.326. The van der Waals surface area contributed by atoms with E-state index >= 15 is 0 Å². The molecule has 0 spiro atoms. The van der Waals surface area contributed by atoms with E-state index in [0.29, 0.717) is 17.1 Å². The summed E-state index contributed by atoms with van der Waals surface area (Å²) in [5, 5.41) is 8.57. The summed E-state index contributed by atoms with van der Waals surface area (Å²) in [6, 6.07) is 2.87. The molecule has 0 aliphatic carbocycles. The summed E-state index contributed by atoms with van der Waals surface area (Å²) in [4.78, 5) is 10.5. The number of carboxylic acid groups (broad SMARTS) is 1. The second-order valence-electron chi connectivity index (χ2n) is 3.62. The molecule has 0 aromatic heterocycles. The molecule has 0 saturated carbocycles. The topological polar surface area (TPSA) is 65.0 Å². The van der Waals surface area contributed by atoms with Crippen molar-refractivity contribution in [2.24, 2.45) is 0 Å². The molecule has 7 heteroatoms. The van der Waals surface area contributed by atoms with E-state index in [0.717, 1.165) is 6.08 Å². The lowest BCUT2D eigenvalue weighted by Crippen LogP contribution is -2.07. The molecule has 0 saturated heterocycles. The van der Waals surface area contributed by atoms with Crippen LogP contribution in [-0.4, -0.2) is 30.9 Å². The zero-order valence-corrected chi connectivity index (χ0v) is 9.64. The molecule has 1 aromatic carbocycles. The molecule has 0 fully saturated rings. The normalized spacial score (nSPS) is 13.2. The molecule has 19 heavy (non-hydrogen) atoms. The van der Waals surface area contributed by atoms with Crippen molar-refractivity contribution in [3.8, 4) is 17.2 Å². The van der Waals surface area contributed by atoms with Crippen molar-refractivity contribution in [1.82, 2.24) is 0 Å². The van der Waals surface area contributed by atoms with Gasteiger partial charge in [0.1, 0.15) is 12.4 Å². The number of carbonyl (C=O) groups is 1. The van der Waals surface area contributed by atoms with Gasteiger partial charge in [0.05, 0.1) is 0 Å². The second-order valence-corrected chi connectivity index (χ2v) is 3.62. The fraction of sp³-hybridized carbons (Fsp3) is 0.250. The van der Waals surface area contributed by atoms with E-state index in [9.17, 15) is 13.6 Å². The first-order chi connectivity index (χ1) is 9.06. The van der Waals surface area contributed by atoms with Gasteiger partial charge in [0, 0.05) is 17.7 Å². The Balaban J connectivity index is 2.29. The van der Waals surface area contributed by atoms with Crippen LogP contribution in [0.2, 0.25) is 0 Å². The van der Waals surface area contributed by atoms with Gasteiger partial charge in [0.2, 0.25) is 6.79 Å². The number of alkyl halides is 2. The Morgan fingerprint density at radius 3 is 2.74 bits per heavy atom. The highest BCUT2D eigenvalue weighted by Crippen LogP contribution is 2.38. The molecule has 0 atom stereocenters. The van der Waals surface area contributed by atoms with Gasteiger partial charge >= 0.3 is 5.97 Å². The summed E-state index contributed by atoms with van der Waals surface area (Å²) in [7, 11) is 0. The highest BCUT2D eigenvalue weighted by atomic mass is 19.3. The Bertz CT molecular complexity index is 513. The number of hydrogen-bond acceptors (Lipinski definition) is 4. The van der Waals surface area contributed by atoms with Crippen molar-refractivity contribution < 1.29 is 32.9 Å². The van der Waals surface area contributed by atoms with E-state index in [2.05, 4.69) is 0 Å². The van der Waals surface area contributed by atoms with Crippen LogP contribution in [0.25, 0.3) is 6.08 Å². The van der Waals surface area contributed by atoms with E-state index in [1.807, 2.05) is 0 Å². The van der Waals surface area contributed by atoms with Gasteiger partial charge in [-0.1, -0.05) is 0 Å². The standard InChI is InChI=1S/C12H10F2O5/c13-11(14)5-17-8-4-10-9(18-6-19-10)3-7(8)1-2-12(15)16/h1-4,11H,5-6H2,(H,15,16)/b2-1+. The van der Waals surface area contributed by atoms with Gasteiger partial charge < -0.3 is 19.3 Å². The predicted molar refractivity (Wildman–Crippen MR) is 60.7 cm³/mol. The molecule has 1 N–H and O–H groups in total. The van der Waals surface area contributed by atoms with Crippen molar-refractivity contribution >= 4 is 12.0 Å². The van der Waals surface area contributed by atoms with Gasteiger partial charge in [-0.15, -0.1) is 0 Å². The van der Waals surface area contributed by atoms with E-state index < -0.39 is 19.0 Å². The van der Waals surface area contributed by atoms with Gasteiger partial charge in [-0.3, -0.25) is 0 Å². The van der Waals surface area contributed by atoms with Gasteiger partial charge in [0.25, 0.3) is 6.43 Å². The largest absolute Gasteiger partial charge is 0.487 e. The van der Waals surface area contributed by atoms with E-state index in [-0.39, 0.29) is 12.5 Å². The first-order valence-corrected chi connectivity index (χ1v) is 5.32. The molecule has 0 unspecified atom stereocenters. The van der Waals surface area contributed by atoms with E-state index in [1.54, 1.807) is 0 Å². The summed E-state index contributed by atoms with van der Waals surface area (Å²) >= 11 is 0. The van der Waals surface area contributed by atoms with Crippen LogP contribution in [0.1, 0.15) is 5.56 Å². The average Bonchev–Trinajstić information content (AvgIpc) is 2.79. The number of carboxylic acids is 1. The minimum Gasteiger partial charge on any atom is -0.487 e. The molecular weight excluding hydrogens is 262 g/mol. The lowest BCUT2D eigenvalue weighted by molar-refractivity contribution is -0.131. The van der Waals surface area contributed by atoms with Crippen molar-refractivity contribution in [1.29, 1.82) is 0 Å². The third-order valence-corrected chi connectivity index (χ3v) is 2.28. The number of benzene rings is 1. The monoisotopic (exact) mass is 272 g/mol. The smallest absolute Gasteiger partial charge is 0.328 e. The Morgan fingerprint density at radius 2 is 2.11 bits per heavy atom. The van der Waals surface area contributed by atoms with Gasteiger partial charge in [0.15, 0.2) is 11.5 Å². The van der Waals surface area contributed by atoms with Crippen molar-refractivity contribution in [3.63, 3.8) is 0 Å². The molecule has 1 aliphatic rings. The minimum atomic E-state index is -2.62. The zero-order chi connectivity index (χ0) is 13.8. The maximum Gasteiger partial charge on any atom is 0.328 e. The molecule has 0 radical (unpaired) electrons. The molecule has 1 aliphatic heterocycles. The molecule has 0 amide bonds. The van der Waals surface area contributed by atoms with Crippen molar-refractivity contribution in [3.05, 3.63) is 23.8 Å². The number of hydrogen-bond donors (Lipinski definition) is 1. The lowest BCUT2D eigenvalue weighted by atomic mass is 10.1. The predicted octanol–water partition coefficient (Wildman–Crippen LogP) is 2.16. The quantitative estimate of drug-likeness (QED) is 0.832. The van der Waals surface area contributed by atoms with Crippen LogP contribution in [0.4, 0.5) is 8.78 Å². The fourth-order valence-corrected chi connectivity index (χ4v) is 1.51. The molecule has 2 rings (SSSR count). The van der Waals surface area contributed by atoms with Crippen LogP contribution in [0, 0.1) is 0 Å². The first-order valence-electron chi connectivity index (χ1n) is 5.32. The number of aliphatic carboxylic acids is 1. The maximum atomic E-state index is 12.1. The van der Waals surface area contributed by atoms with Gasteiger partial charge in [-0.2, -0.15) is 0 Å². The summed E-state index contributed by atoms with van der Waals surface area (Å²) < 4.78 is 39.4. The van der Waals surface area contributed by atoms with Crippen LogP contribution in [0.5, 0.6) is 17.2 Å². The molecule has 102 valence electrons. The molecule has 0 bridgehead atoms. The highest BCUT2D eigenvalue weighted by Gasteiger charge is 2.18. The summed E-state index contributed by atoms with van der Waals surface area (Å²) in [6.07, 6.45) is -0.501. The van der Waals surface area contributed by atoms with Gasteiger partial charge in [-0.25, -0.2) is 13.6 Å². The zero-order valence-electron chi connectivity index (χ0n) is 9.64. The Kier molecular flexibility index (Phi) is 3.84. The van der Waals surface area contributed by atoms with Crippen LogP contribution in [0.3, 0.4) is 0 Å². The number of fused-ring (bicyclic) bond motifs is 1. The third kappa shape index (κ3) is 3.34. The lowest BCUT2D eigenvalue weighted by Gasteiger charge is -2.09. The van der Waals surface area contributed by atoms with Crippen molar-refractivity contribution in [2.75, 3.05) is 13.4 Å². The minimum absolute atomic E-state index is 0.0235. The van der Waals surface area contributed by atoms with Crippen LogP contribution >= 0.6 is 0 Å². The maximum absolute atomic E-state index is 12.1. The van der Waals surface area contributed by atoms with Crippen LogP contribution in [-0.2, 0) is 4.79 Å². The second kappa shape index (κ2) is 5.55. The van der Waals surface area contributed by atoms with Gasteiger partial charge in [-0.05, 0) is 12.1 Å². The van der Waals surface area contributed by atoms with Crippen LogP contribution < -0.4 is 14.2 Å². The number of ether oxygens (including phenoxy) is 3. The Morgan fingerprint density at radius 1 is 1.42 bits per heavy atom. The van der Waals surface area contributed by atoms with Crippen LogP contribution in [0.15, 0.2) is 18.2 Å². The first kappa shape index (κ1) is 13.1. The highest BCUT2D eigenvalue weighted by molar-refractivity contribution is 5.86. The molecular formula is C12H10F2O5. The number of rotatable bonds is 5.